The van der Waals surface area contributed by atoms with Crippen molar-refractivity contribution in [3.05, 3.63) is 63.1 Å². The lowest BCUT2D eigenvalue weighted by Crippen LogP contribution is -2.56. The summed E-state index contributed by atoms with van der Waals surface area (Å²) in [6, 6.07) is 11.3. The Morgan fingerprint density at radius 2 is 1.87 bits per heavy atom. The first kappa shape index (κ1) is 16.1. The standard InChI is InChI=1S/C17H17Cl2N3O/c1-11-8-14(22-17(23)20-6-7-21-22)10-16(19)15(11)9-12-2-4-13(18)5-3-12/h2-5,8,10,21H,6-7,9H2,1H3,(H,20,23). The molecule has 2 aromatic carbocycles. The van der Waals surface area contributed by atoms with Crippen LogP contribution in [0.2, 0.25) is 10.0 Å². The largest absolute Gasteiger partial charge is 0.336 e. The van der Waals surface area contributed by atoms with E-state index in [1.54, 1.807) is 0 Å². The molecule has 2 N–H and O–H groups in total. The molecule has 1 heterocycles. The van der Waals surface area contributed by atoms with Crippen molar-refractivity contribution < 1.29 is 4.79 Å². The Labute approximate surface area is 145 Å². The number of carbonyl (C=O) groups excluding carboxylic acids is 1. The van der Waals surface area contributed by atoms with Crippen LogP contribution < -0.4 is 15.8 Å². The number of amides is 2. The lowest BCUT2D eigenvalue weighted by molar-refractivity contribution is 0.239. The van der Waals surface area contributed by atoms with Crippen LogP contribution in [0.5, 0.6) is 0 Å². The molecule has 0 saturated carbocycles. The first-order valence-corrected chi connectivity index (χ1v) is 8.15. The quantitative estimate of drug-likeness (QED) is 0.881. The number of halogens is 2. The van der Waals surface area contributed by atoms with Crippen molar-refractivity contribution in [2.45, 2.75) is 13.3 Å². The average Bonchev–Trinajstić information content (AvgIpc) is 2.53. The molecule has 0 radical (unpaired) electrons. The van der Waals surface area contributed by atoms with E-state index in [9.17, 15) is 4.79 Å². The van der Waals surface area contributed by atoms with Gasteiger partial charge in [-0.1, -0.05) is 35.3 Å². The van der Waals surface area contributed by atoms with Crippen LogP contribution in [0.15, 0.2) is 36.4 Å². The lowest BCUT2D eigenvalue weighted by atomic mass is 10.00. The minimum Gasteiger partial charge on any atom is -0.335 e. The van der Waals surface area contributed by atoms with Gasteiger partial charge in [0.15, 0.2) is 0 Å². The Balaban J connectivity index is 1.88. The number of nitrogens with one attached hydrogen (secondary N) is 2. The number of nitrogens with zero attached hydrogens (tertiary/aromatic N) is 1. The molecule has 3 rings (SSSR count). The van der Waals surface area contributed by atoms with Gasteiger partial charge in [0, 0.05) is 23.1 Å². The smallest absolute Gasteiger partial charge is 0.335 e. The molecule has 0 aliphatic carbocycles. The highest BCUT2D eigenvalue weighted by atomic mass is 35.5. The van der Waals surface area contributed by atoms with Gasteiger partial charge in [0.2, 0.25) is 0 Å². The molecule has 0 aromatic heterocycles. The third-order valence-electron chi connectivity index (χ3n) is 3.83. The Kier molecular flexibility index (Phi) is 4.76. The molecule has 0 spiro atoms. The van der Waals surface area contributed by atoms with Gasteiger partial charge in [-0.2, -0.15) is 0 Å². The fourth-order valence-corrected chi connectivity index (χ4v) is 3.07. The number of hydrogen-bond donors (Lipinski definition) is 2. The molecule has 120 valence electrons. The second-order valence-corrected chi connectivity index (χ2v) is 6.35. The van der Waals surface area contributed by atoms with Crippen LogP contribution >= 0.6 is 23.2 Å². The van der Waals surface area contributed by atoms with Gasteiger partial charge < -0.3 is 5.32 Å². The first-order valence-electron chi connectivity index (χ1n) is 7.39. The van der Waals surface area contributed by atoms with Crippen LogP contribution in [0.3, 0.4) is 0 Å². The van der Waals surface area contributed by atoms with E-state index >= 15 is 0 Å². The van der Waals surface area contributed by atoms with Crippen molar-refractivity contribution in [2.75, 3.05) is 18.1 Å². The molecule has 0 atom stereocenters. The van der Waals surface area contributed by atoms with E-state index in [4.69, 9.17) is 23.2 Å². The second kappa shape index (κ2) is 6.79. The van der Waals surface area contributed by atoms with E-state index < -0.39 is 0 Å². The fraction of sp³-hybridized carbons (Fsp3) is 0.235. The molecule has 1 aliphatic heterocycles. The Morgan fingerprint density at radius 3 is 2.52 bits per heavy atom. The third kappa shape index (κ3) is 3.61. The molecule has 2 amide bonds. The van der Waals surface area contributed by atoms with Crippen LogP contribution in [0, 0.1) is 6.92 Å². The fourth-order valence-electron chi connectivity index (χ4n) is 2.61. The van der Waals surface area contributed by atoms with Gasteiger partial charge in [0.05, 0.1) is 5.69 Å². The Bertz CT molecular complexity index is 708. The van der Waals surface area contributed by atoms with E-state index in [-0.39, 0.29) is 6.03 Å². The summed E-state index contributed by atoms with van der Waals surface area (Å²) in [4.78, 5) is 11.9. The first-order chi connectivity index (χ1) is 11.0. The summed E-state index contributed by atoms with van der Waals surface area (Å²) >= 11 is 12.4. The summed E-state index contributed by atoms with van der Waals surface area (Å²) < 4.78 is 0. The second-order valence-electron chi connectivity index (χ2n) is 5.50. The van der Waals surface area contributed by atoms with Gasteiger partial charge in [0.1, 0.15) is 0 Å². The highest BCUT2D eigenvalue weighted by Crippen LogP contribution is 2.29. The lowest BCUT2D eigenvalue weighted by Gasteiger charge is -2.29. The van der Waals surface area contributed by atoms with E-state index in [2.05, 4.69) is 10.7 Å². The maximum absolute atomic E-state index is 11.9. The van der Waals surface area contributed by atoms with E-state index in [0.717, 1.165) is 28.8 Å². The SMILES string of the molecule is Cc1cc(N2NCCNC2=O)cc(Cl)c1Cc1ccc(Cl)cc1. The highest BCUT2D eigenvalue weighted by molar-refractivity contribution is 6.32. The average molecular weight is 350 g/mol. The number of hydrazine groups is 1. The summed E-state index contributed by atoms with van der Waals surface area (Å²) in [6.45, 7) is 3.31. The third-order valence-corrected chi connectivity index (χ3v) is 4.42. The molecule has 1 fully saturated rings. The molecular weight excluding hydrogens is 333 g/mol. The van der Waals surface area contributed by atoms with Crippen LogP contribution in [0.4, 0.5) is 10.5 Å². The maximum Gasteiger partial charge on any atom is 0.336 e. The van der Waals surface area contributed by atoms with Crippen molar-refractivity contribution >= 4 is 34.9 Å². The Hall–Kier alpha value is -1.75. The van der Waals surface area contributed by atoms with Crippen LogP contribution in [0.25, 0.3) is 0 Å². The number of carbonyl (C=O) groups is 1. The van der Waals surface area contributed by atoms with Crippen LogP contribution in [-0.2, 0) is 6.42 Å². The van der Waals surface area contributed by atoms with Gasteiger partial charge in [-0.3, -0.25) is 0 Å². The molecule has 6 heteroatoms. The maximum atomic E-state index is 11.9. The Morgan fingerprint density at radius 1 is 1.13 bits per heavy atom. The predicted octanol–water partition coefficient (Wildman–Crippen LogP) is 3.93. The molecule has 2 aromatic rings. The van der Waals surface area contributed by atoms with Gasteiger partial charge in [-0.05, 0) is 54.3 Å². The summed E-state index contributed by atoms with van der Waals surface area (Å²) in [7, 11) is 0. The summed E-state index contributed by atoms with van der Waals surface area (Å²) in [5.74, 6) is 0. The molecule has 4 nitrogen and oxygen atoms in total. The molecule has 1 aliphatic rings. The topological polar surface area (TPSA) is 44.4 Å². The summed E-state index contributed by atoms with van der Waals surface area (Å²) in [6.07, 6.45) is 0.724. The molecular formula is C17H17Cl2N3O. The monoisotopic (exact) mass is 349 g/mol. The number of rotatable bonds is 3. The minimum atomic E-state index is -0.169. The van der Waals surface area contributed by atoms with Crippen molar-refractivity contribution in [1.29, 1.82) is 0 Å². The molecule has 1 saturated heterocycles. The number of urea groups is 1. The normalized spacial score (nSPS) is 14.7. The molecule has 23 heavy (non-hydrogen) atoms. The number of hydrogen-bond acceptors (Lipinski definition) is 2. The molecule has 0 unspecified atom stereocenters. The number of benzene rings is 2. The number of anilines is 1. The van der Waals surface area contributed by atoms with E-state index in [0.29, 0.717) is 23.1 Å². The molecule has 0 bridgehead atoms. The zero-order valence-corrected chi connectivity index (χ0v) is 14.2. The van der Waals surface area contributed by atoms with Gasteiger partial charge in [0.25, 0.3) is 0 Å². The zero-order chi connectivity index (χ0) is 16.4. The number of aryl methyl sites for hydroxylation is 1. The van der Waals surface area contributed by atoms with E-state index in [1.165, 1.54) is 5.01 Å². The van der Waals surface area contributed by atoms with Crippen molar-refractivity contribution in [3.63, 3.8) is 0 Å². The van der Waals surface area contributed by atoms with Crippen molar-refractivity contribution in [1.82, 2.24) is 10.7 Å². The summed E-state index contributed by atoms with van der Waals surface area (Å²) in [5.41, 5.74) is 7.04. The highest BCUT2D eigenvalue weighted by Gasteiger charge is 2.20. The van der Waals surface area contributed by atoms with Crippen LogP contribution in [0.1, 0.15) is 16.7 Å². The van der Waals surface area contributed by atoms with E-state index in [1.807, 2.05) is 43.3 Å². The minimum absolute atomic E-state index is 0.169. The predicted molar refractivity (Wildman–Crippen MR) is 94.3 cm³/mol. The van der Waals surface area contributed by atoms with Gasteiger partial charge in [-0.15, -0.1) is 0 Å². The van der Waals surface area contributed by atoms with Crippen molar-refractivity contribution in [2.24, 2.45) is 0 Å². The van der Waals surface area contributed by atoms with Gasteiger partial charge in [-0.25, -0.2) is 15.2 Å². The van der Waals surface area contributed by atoms with Crippen molar-refractivity contribution in [3.8, 4) is 0 Å². The zero-order valence-electron chi connectivity index (χ0n) is 12.7. The summed E-state index contributed by atoms with van der Waals surface area (Å²) in [5, 5.41) is 5.66. The van der Waals surface area contributed by atoms with Crippen LogP contribution in [-0.4, -0.2) is 19.1 Å². The van der Waals surface area contributed by atoms with Gasteiger partial charge >= 0.3 is 6.03 Å².